The van der Waals surface area contributed by atoms with Crippen molar-refractivity contribution in [3.05, 3.63) is 82.0 Å². The van der Waals surface area contributed by atoms with E-state index in [1.165, 1.54) is 23.1 Å². The third-order valence-electron chi connectivity index (χ3n) is 5.46. The summed E-state index contributed by atoms with van der Waals surface area (Å²) in [5, 5.41) is 2.47. The minimum absolute atomic E-state index is 0.0129. The Morgan fingerprint density at radius 1 is 1.12 bits per heavy atom. The summed E-state index contributed by atoms with van der Waals surface area (Å²) in [5.74, 6) is 1.03. The maximum Gasteiger partial charge on any atom is 0.272 e. The van der Waals surface area contributed by atoms with E-state index in [4.69, 9.17) is 0 Å². The number of nitrogens with zero attached hydrogens (tertiary/aromatic N) is 3. The summed E-state index contributed by atoms with van der Waals surface area (Å²) in [6.07, 6.45) is 0. The molecule has 1 aliphatic rings. The van der Waals surface area contributed by atoms with Gasteiger partial charge in [0.05, 0.1) is 23.0 Å². The number of benzene rings is 2. The third kappa shape index (κ3) is 3.87. The number of hydrogen-bond acceptors (Lipinski definition) is 6. The monoisotopic (exact) mass is 479 g/mol. The Morgan fingerprint density at radius 3 is 2.72 bits per heavy atom. The van der Waals surface area contributed by atoms with Crippen molar-refractivity contribution < 1.29 is 4.79 Å². The summed E-state index contributed by atoms with van der Waals surface area (Å²) in [5.41, 5.74) is 2.72. The molecule has 5 rings (SSSR count). The van der Waals surface area contributed by atoms with Crippen LogP contribution in [0.1, 0.15) is 18.5 Å². The number of anilines is 1. The van der Waals surface area contributed by atoms with E-state index in [0.717, 1.165) is 21.9 Å². The van der Waals surface area contributed by atoms with Crippen LogP contribution < -0.4 is 10.5 Å². The molecule has 0 radical (unpaired) electrons. The number of rotatable bonds is 5. The molecule has 0 bridgehead atoms. The van der Waals surface area contributed by atoms with Gasteiger partial charge in [-0.2, -0.15) is 0 Å². The van der Waals surface area contributed by atoms with Gasteiger partial charge in [-0.1, -0.05) is 54.2 Å². The summed E-state index contributed by atoms with van der Waals surface area (Å²) >= 11 is 4.52. The maximum atomic E-state index is 13.6. The Balaban J connectivity index is 1.47. The zero-order chi connectivity index (χ0) is 22.1. The number of thiophene rings is 1. The van der Waals surface area contributed by atoms with Gasteiger partial charge in [-0.25, -0.2) is 4.98 Å². The molecule has 4 aromatic rings. The van der Waals surface area contributed by atoms with E-state index in [9.17, 15) is 9.59 Å². The molecule has 0 aliphatic carbocycles. The Labute approximate surface area is 198 Å². The number of amides is 1. The molecule has 1 aliphatic heterocycles. The standard InChI is InChI=1S/C24H21N3O2S3/c1-2-26-23(29)22-17(12-13-30-22)25-24(26)32-15-21(28)27-18-10-6-7-11-20(18)31-14-19(27)16-8-4-3-5-9-16/h3-13,19H,2,14-15H2,1H3. The van der Waals surface area contributed by atoms with E-state index in [2.05, 4.69) is 23.2 Å². The van der Waals surface area contributed by atoms with Gasteiger partial charge in [0.2, 0.25) is 5.91 Å². The van der Waals surface area contributed by atoms with Gasteiger partial charge in [0.25, 0.3) is 5.56 Å². The molecule has 2 aromatic heterocycles. The molecule has 0 saturated carbocycles. The van der Waals surface area contributed by atoms with Crippen LogP contribution in [0.15, 0.2) is 80.9 Å². The zero-order valence-corrected chi connectivity index (χ0v) is 19.9. The van der Waals surface area contributed by atoms with Crippen LogP contribution in [-0.2, 0) is 11.3 Å². The van der Waals surface area contributed by atoms with Crippen molar-refractivity contribution in [2.24, 2.45) is 0 Å². The van der Waals surface area contributed by atoms with Crippen molar-refractivity contribution in [2.75, 3.05) is 16.4 Å². The number of para-hydroxylation sites is 1. The van der Waals surface area contributed by atoms with Gasteiger partial charge >= 0.3 is 0 Å². The van der Waals surface area contributed by atoms with Crippen molar-refractivity contribution in [3.8, 4) is 0 Å². The van der Waals surface area contributed by atoms with E-state index in [0.29, 0.717) is 21.9 Å². The van der Waals surface area contributed by atoms with Crippen molar-refractivity contribution in [2.45, 2.75) is 29.6 Å². The quantitative estimate of drug-likeness (QED) is 0.281. The highest BCUT2D eigenvalue weighted by molar-refractivity contribution is 8.00. The minimum atomic E-state index is -0.0377. The predicted octanol–water partition coefficient (Wildman–Crippen LogP) is 5.45. The highest BCUT2D eigenvalue weighted by atomic mass is 32.2. The first-order valence-electron chi connectivity index (χ1n) is 10.4. The summed E-state index contributed by atoms with van der Waals surface area (Å²) in [6.45, 7) is 2.45. The van der Waals surface area contributed by atoms with Crippen LogP contribution in [0.5, 0.6) is 0 Å². The van der Waals surface area contributed by atoms with Crippen LogP contribution in [0.4, 0.5) is 5.69 Å². The molecule has 8 heteroatoms. The lowest BCUT2D eigenvalue weighted by Gasteiger charge is -2.37. The number of carbonyl (C=O) groups excluding carboxylic acids is 1. The molecule has 32 heavy (non-hydrogen) atoms. The van der Waals surface area contributed by atoms with Crippen molar-refractivity contribution in [1.82, 2.24) is 9.55 Å². The Morgan fingerprint density at radius 2 is 1.91 bits per heavy atom. The van der Waals surface area contributed by atoms with E-state index in [1.807, 2.05) is 59.7 Å². The van der Waals surface area contributed by atoms with Crippen LogP contribution in [0, 0.1) is 0 Å². The van der Waals surface area contributed by atoms with E-state index < -0.39 is 0 Å². The molecule has 0 N–H and O–H groups in total. The molecule has 0 spiro atoms. The Bertz CT molecular complexity index is 1330. The smallest absolute Gasteiger partial charge is 0.272 e. The second kappa shape index (κ2) is 9.13. The zero-order valence-electron chi connectivity index (χ0n) is 17.4. The molecular formula is C24H21N3O2S3. The first kappa shape index (κ1) is 21.3. The second-order valence-electron chi connectivity index (χ2n) is 7.34. The van der Waals surface area contributed by atoms with Gasteiger partial charge in [-0.05, 0) is 36.1 Å². The van der Waals surface area contributed by atoms with E-state index in [1.54, 1.807) is 16.3 Å². The normalized spacial score (nSPS) is 15.7. The number of thioether (sulfide) groups is 2. The molecule has 3 heterocycles. The van der Waals surface area contributed by atoms with Crippen molar-refractivity contribution in [3.63, 3.8) is 0 Å². The summed E-state index contributed by atoms with van der Waals surface area (Å²) in [4.78, 5) is 34.1. The largest absolute Gasteiger partial charge is 0.302 e. The number of hydrogen-bond donors (Lipinski definition) is 0. The van der Waals surface area contributed by atoms with Crippen LogP contribution >= 0.6 is 34.9 Å². The SMILES string of the molecule is CCn1c(SCC(=O)N2c3ccccc3SCC2c2ccccc2)nc2ccsc2c1=O. The first-order chi connectivity index (χ1) is 15.7. The average molecular weight is 480 g/mol. The Hall–Kier alpha value is -2.55. The van der Waals surface area contributed by atoms with Gasteiger partial charge in [-0.3, -0.25) is 14.2 Å². The summed E-state index contributed by atoms with van der Waals surface area (Å²) in [6, 6.07) is 20.0. The fourth-order valence-corrected chi connectivity index (χ4v) is 6.80. The molecule has 1 atom stereocenters. The molecule has 162 valence electrons. The molecule has 5 nitrogen and oxygen atoms in total. The predicted molar refractivity (Wildman–Crippen MR) is 134 cm³/mol. The molecule has 1 amide bonds. The second-order valence-corrected chi connectivity index (χ2v) is 10.3. The van der Waals surface area contributed by atoms with Gasteiger partial charge in [0, 0.05) is 17.2 Å². The van der Waals surface area contributed by atoms with E-state index >= 15 is 0 Å². The number of carbonyl (C=O) groups is 1. The van der Waals surface area contributed by atoms with Gasteiger partial charge in [-0.15, -0.1) is 23.1 Å². The van der Waals surface area contributed by atoms with Crippen LogP contribution in [0.2, 0.25) is 0 Å². The molecule has 2 aromatic carbocycles. The van der Waals surface area contributed by atoms with Gasteiger partial charge < -0.3 is 4.90 Å². The average Bonchev–Trinajstić information content (AvgIpc) is 3.31. The molecular weight excluding hydrogens is 458 g/mol. The lowest BCUT2D eigenvalue weighted by Crippen LogP contribution is -2.39. The fourth-order valence-electron chi connectivity index (χ4n) is 3.93. The lowest BCUT2D eigenvalue weighted by atomic mass is 10.1. The molecule has 0 saturated heterocycles. The van der Waals surface area contributed by atoms with E-state index in [-0.39, 0.29) is 23.3 Å². The highest BCUT2D eigenvalue weighted by Crippen LogP contribution is 2.43. The third-order valence-corrected chi connectivity index (χ3v) is 8.45. The number of fused-ring (bicyclic) bond motifs is 2. The number of aromatic nitrogens is 2. The molecule has 0 fully saturated rings. The van der Waals surface area contributed by atoms with Gasteiger partial charge in [0.15, 0.2) is 5.16 Å². The van der Waals surface area contributed by atoms with Crippen LogP contribution in [0.25, 0.3) is 10.2 Å². The Kier molecular flexibility index (Phi) is 6.08. The maximum absolute atomic E-state index is 13.6. The van der Waals surface area contributed by atoms with Crippen molar-refractivity contribution >= 4 is 56.7 Å². The first-order valence-corrected chi connectivity index (χ1v) is 13.2. The fraction of sp³-hybridized carbons (Fsp3) is 0.208. The van der Waals surface area contributed by atoms with Crippen LogP contribution in [-0.4, -0.2) is 27.0 Å². The lowest BCUT2D eigenvalue weighted by molar-refractivity contribution is -0.116. The minimum Gasteiger partial charge on any atom is -0.302 e. The van der Waals surface area contributed by atoms with Crippen molar-refractivity contribution in [1.29, 1.82) is 0 Å². The highest BCUT2D eigenvalue weighted by Gasteiger charge is 2.32. The van der Waals surface area contributed by atoms with Crippen LogP contribution in [0.3, 0.4) is 0 Å². The summed E-state index contributed by atoms with van der Waals surface area (Å²) in [7, 11) is 0. The summed E-state index contributed by atoms with van der Waals surface area (Å²) < 4.78 is 2.32. The topological polar surface area (TPSA) is 55.2 Å². The molecule has 1 unspecified atom stereocenters. The van der Waals surface area contributed by atoms with Gasteiger partial charge in [0.1, 0.15) is 4.70 Å².